The lowest BCUT2D eigenvalue weighted by molar-refractivity contribution is -0.123. The maximum atomic E-state index is 13.0. The largest absolute Gasteiger partial charge is 0.486 e. The molecule has 0 atom stereocenters. The molecule has 2 aromatic carbocycles. The Morgan fingerprint density at radius 2 is 1.81 bits per heavy atom. The van der Waals surface area contributed by atoms with Gasteiger partial charge in [-0.2, -0.15) is 0 Å². The quantitative estimate of drug-likeness (QED) is 0.329. The Morgan fingerprint density at radius 1 is 1.16 bits per heavy atom. The summed E-state index contributed by atoms with van der Waals surface area (Å²) >= 11 is 14.8. The second-order valence-electron chi connectivity index (χ2n) is 7.58. The molecule has 0 spiro atoms. The van der Waals surface area contributed by atoms with Crippen LogP contribution in [-0.4, -0.2) is 28.1 Å². The molecule has 164 valence electrons. The SMILES string of the molecule is CC(C)N=C1S/C(=C/c2cc(Br)c(OCc3ccccc3Cl)c(Br)c2)C(=O)N1C(C)C. The van der Waals surface area contributed by atoms with Crippen molar-refractivity contribution >= 4 is 72.4 Å². The molecule has 1 amide bonds. The summed E-state index contributed by atoms with van der Waals surface area (Å²) in [6.45, 7) is 8.36. The van der Waals surface area contributed by atoms with Crippen LogP contribution in [0.3, 0.4) is 0 Å². The number of hydrogen-bond donors (Lipinski definition) is 0. The molecule has 0 bridgehead atoms. The van der Waals surface area contributed by atoms with Crippen molar-refractivity contribution in [1.29, 1.82) is 0 Å². The Labute approximate surface area is 209 Å². The fourth-order valence-electron chi connectivity index (χ4n) is 2.97. The van der Waals surface area contributed by atoms with Gasteiger partial charge in [-0.1, -0.05) is 29.8 Å². The number of hydrogen-bond acceptors (Lipinski definition) is 4. The van der Waals surface area contributed by atoms with Crippen LogP contribution in [0.5, 0.6) is 5.75 Å². The molecule has 0 N–H and O–H groups in total. The summed E-state index contributed by atoms with van der Waals surface area (Å²) < 4.78 is 7.56. The molecule has 0 unspecified atom stereocenters. The van der Waals surface area contributed by atoms with Crippen molar-refractivity contribution in [3.63, 3.8) is 0 Å². The molecule has 0 aromatic heterocycles. The van der Waals surface area contributed by atoms with Gasteiger partial charge >= 0.3 is 0 Å². The van der Waals surface area contributed by atoms with E-state index in [2.05, 4.69) is 36.9 Å². The monoisotopic (exact) mass is 584 g/mol. The van der Waals surface area contributed by atoms with E-state index in [-0.39, 0.29) is 18.0 Å². The number of halogens is 3. The lowest BCUT2D eigenvalue weighted by Gasteiger charge is -2.20. The summed E-state index contributed by atoms with van der Waals surface area (Å²) in [5.41, 5.74) is 1.79. The second-order valence-corrected chi connectivity index (χ2v) is 10.7. The van der Waals surface area contributed by atoms with Crippen LogP contribution >= 0.6 is 55.2 Å². The first-order valence-electron chi connectivity index (χ1n) is 9.83. The number of amides is 1. The molecular weight excluding hydrogens is 564 g/mol. The third kappa shape index (κ3) is 5.95. The number of rotatable bonds is 6. The molecular formula is C23H23Br2ClN2O2S. The number of carbonyl (C=O) groups excluding carboxylic acids is 1. The zero-order valence-corrected chi connectivity index (χ0v) is 22.4. The van der Waals surface area contributed by atoms with Gasteiger partial charge in [0.2, 0.25) is 0 Å². The lowest BCUT2D eigenvalue weighted by Crippen LogP contribution is -2.35. The molecule has 2 aromatic rings. The molecule has 3 rings (SSSR count). The normalized spacial score (nSPS) is 16.9. The van der Waals surface area contributed by atoms with Gasteiger partial charge in [0.15, 0.2) is 5.17 Å². The van der Waals surface area contributed by atoms with Gasteiger partial charge in [-0.3, -0.25) is 14.7 Å². The van der Waals surface area contributed by atoms with Gasteiger partial charge < -0.3 is 4.74 Å². The summed E-state index contributed by atoms with van der Waals surface area (Å²) in [7, 11) is 0. The Hall–Kier alpha value is -1.28. The van der Waals surface area contributed by atoms with Gasteiger partial charge in [-0.05, 0) is 101 Å². The minimum absolute atomic E-state index is 0.0225. The standard InChI is InChI=1S/C23H23Br2ClN2O2S/c1-13(2)27-23-28(14(3)4)22(29)20(31-23)11-15-9-17(24)21(18(25)10-15)30-12-16-7-5-6-8-19(16)26/h5-11,13-14H,12H2,1-4H3/b20-11+,27-23?. The van der Waals surface area contributed by atoms with Crippen LogP contribution in [0.25, 0.3) is 6.08 Å². The molecule has 1 heterocycles. The Balaban J connectivity index is 1.85. The highest BCUT2D eigenvalue weighted by molar-refractivity contribution is 9.11. The van der Waals surface area contributed by atoms with Crippen molar-refractivity contribution < 1.29 is 9.53 Å². The summed E-state index contributed by atoms with van der Waals surface area (Å²) in [5.74, 6) is 0.657. The van der Waals surface area contributed by atoms with Gasteiger partial charge in [0.1, 0.15) is 12.4 Å². The minimum Gasteiger partial charge on any atom is -0.486 e. The van der Waals surface area contributed by atoms with E-state index < -0.39 is 0 Å². The molecule has 1 fully saturated rings. The molecule has 1 saturated heterocycles. The molecule has 0 radical (unpaired) electrons. The lowest BCUT2D eigenvalue weighted by atomic mass is 10.2. The van der Waals surface area contributed by atoms with Crippen molar-refractivity contribution in [2.45, 2.75) is 46.4 Å². The topological polar surface area (TPSA) is 41.9 Å². The maximum absolute atomic E-state index is 13.0. The molecule has 1 aliphatic heterocycles. The Morgan fingerprint density at radius 3 is 2.39 bits per heavy atom. The van der Waals surface area contributed by atoms with Gasteiger partial charge in [0.05, 0.1) is 13.9 Å². The van der Waals surface area contributed by atoms with Crippen LogP contribution in [0.4, 0.5) is 0 Å². The van der Waals surface area contributed by atoms with Crippen LogP contribution in [-0.2, 0) is 11.4 Å². The molecule has 0 aliphatic carbocycles. The van der Waals surface area contributed by atoms with Crippen molar-refractivity contribution in [2.24, 2.45) is 4.99 Å². The van der Waals surface area contributed by atoms with E-state index in [1.54, 1.807) is 4.90 Å². The van der Waals surface area contributed by atoms with Gasteiger partial charge in [-0.25, -0.2) is 0 Å². The van der Waals surface area contributed by atoms with Crippen LogP contribution in [0, 0.1) is 0 Å². The first-order valence-corrected chi connectivity index (χ1v) is 12.6. The van der Waals surface area contributed by atoms with E-state index in [9.17, 15) is 4.79 Å². The van der Waals surface area contributed by atoms with Crippen molar-refractivity contribution in [2.75, 3.05) is 0 Å². The smallest absolute Gasteiger partial charge is 0.266 e. The first kappa shape index (κ1) is 24.4. The third-order valence-electron chi connectivity index (χ3n) is 4.37. The molecule has 8 heteroatoms. The summed E-state index contributed by atoms with van der Waals surface area (Å²) in [6.07, 6.45) is 1.89. The van der Waals surface area contributed by atoms with Crippen molar-refractivity contribution in [1.82, 2.24) is 4.90 Å². The number of nitrogens with zero attached hydrogens (tertiary/aromatic N) is 2. The average molecular weight is 587 g/mol. The highest BCUT2D eigenvalue weighted by Gasteiger charge is 2.35. The van der Waals surface area contributed by atoms with Crippen LogP contribution in [0.2, 0.25) is 5.02 Å². The number of carbonyl (C=O) groups is 1. The van der Waals surface area contributed by atoms with Crippen molar-refractivity contribution in [3.8, 4) is 5.75 Å². The molecule has 0 saturated carbocycles. The van der Waals surface area contributed by atoms with Gasteiger partial charge in [0, 0.05) is 22.7 Å². The number of ether oxygens (including phenoxy) is 1. The molecule has 31 heavy (non-hydrogen) atoms. The fourth-order valence-corrected chi connectivity index (χ4v) is 5.84. The van der Waals surface area contributed by atoms with E-state index in [4.69, 9.17) is 16.3 Å². The van der Waals surface area contributed by atoms with Crippen LogP contribution in [0.1, 0.15) is 38.8 Å². The number of aliphatic imine (C=N–C) groups is 1. The fraction of sp³-hybridized carbons (Fsp3) is 0.304. The second kappa shape index (κ2) is 10.6. The highest BCUT2D eigenvalue weighted by atomic mass is 79.9. The van der Waals surface area contributed by atoms with E-state index in [1.807, 2.05) is 70.2 Å². The Kier molecular flexibility index (Phi) is 8.30. The number of amidine groups is 1. The van der Waals surface area contributed by atoms with E-state index in [0.717, 1.165) is 25.2 Å². The number of benzene rings is 2. The van der Waals surface area contributed by atoms with E-state index in [1.165, 1.54) is 11.8 Å². The van der Waals surface area contributed by atoms with Crippen LogP contribution < -0.4 is 4.74 Å². The van der Waals surface area contributed by atoms with E-state index >= 15 is 0 Å². The first-order chi connectivity index (χ1) is 14.7. The summed E-state index contributed by atoms with van der Waals surface area (Å²) in [4.78, 5) is 20.0. The number of thioether (sulfide) groups is 1. The van der Waals surface area contributed by atoms with Crippen LogP contribution in [0.15, 0.2) is 55.2 Å². The highest BCUT2D eigenvalue weighted by Crippen LogP contribution is 2.39. The van der Waals surface area contributed by atoms with Crippen molar-refractivity contribution in [3.05, 3.63) is 66.4 Å². The maximum Gasteiger partial charge on any atom is 0.266 e. The minimum atomic E-state index is -0.0225. The van der Waals surface area contributed by atoms with Gasteiger partial charge in [-0.15, -0.1) is 0 Å². The van der Waals surface area contributed by atoms with Gasteiger partial charge in [0.25, 0.3) is 5.91 Å². The zero-order valence-electron chi connectivity index (χ0n) is 17.7. The van der Waals surface area contributed by atoms with E-state index in [0.29, 0.717) is 22.3 Å². The third-order valence-corrected chi connectivity index (χ3v) is 6.91. The average Bonchev–Trinajstić information content (AvgIpc) is 2.96. The molecule has 4 nitrogen and oxygen atoms in total. The predicted molar refractivity (Wildman–Crippen MR) is 138 cm³/mol. The summed E-state index contributed by atoms with van der Waals surface area (Å²) in [5, 5.41) is 1.42. The zero-order chi connectivity index (χ0) is 22.7. The molecule has 1 aliphatic rings. The Bertz CT molecular complexity index is 1030. The summed E-state index contributed by atoms with van der Waals surface area (Å²) in [6, 6.07) is 11.6. The predicted octanol–water partition coefficient (Wildman–Crippen LogP) is 7.53.